The highest BCUT2D eigenvalue weighted by molar-refractivity contribution is 5.99. The SMILES string of the molecule is Cc1cn(C)nc1NC(=O)Nc1ccc(F)cc1F. The van der Waals surface area contributed by atoms with Gasteiger partial charge >= 0.3 is 6.03 Å². The Kier molecular flexibility index (Phi) is 3.46. The molecule has 0 spiro atoms. The number of halogens is 2. The van der Waals surface area contributed by atoms with Gasteiger partial charge in [0.05, 0.1) is 5.69 Å². The molecule has 0 saturated heterocycles. The van der Waals surface area contributed by atoms with Gasteiger partial charge in [-0.05, 0) is 19.1 Å². The number of aryl methyl sites for hydroxylation is 2. The van der Waals surface area contributed by atoms with Crippen molar-refractivity contribution in [1.82, 2.24) is 9.78 Å². The number of hydrogen-bond donors (Lipinski definition) is 2. The van der Waals surface area contributed by atoms with Crippen molar-refractivity contribution >= 4 is 17.5 Å². The van der Waals surface area contributed by atoms with Gasteiger partial charge in [-0.1, -0.05) is 0 Å². The van der Waals surface area contributed by atoms with Gasteiger partial charge in [0.15, 0.2) is 5.82 Å². The van der Waals surface area contributed by atoms with Gasteiger partial charge in [0.25, 0.3) is 0 Å². The fraction of sp³-hybridized carbons (Fsp3) is 0.167. The third-order valence-corrected chi connectivity index (χ3v) is 2.42. The smallest absolute Gasteiger partial charge is 0.305 e. The molecule has 0 aliphatic carbocycles. The molecule has 1 heterocycles. The van der Waals surface area contributed by atoms with Crippen molar-refractivity contribution in [3.8, 4) is 0 Å². The Hall–Kier alpha value is -2.44. The van der Waals surface area contributed by atoms with Crippen molar-refractivity contribution in [2.24, 2.45) is 7.05 Å². The van der Waals surface area contributed by atoms with Crippen molar-refractivity contribution in [1.29, 1.82) is 0 Å². The van der Waals surface area contributed by atoms with Crippen molar-refractivity contribution in [3.63, 3.8) is 0 Å². The fourth-order valence-electron chi connectivity index (χ4n) is 1.58. The molecular weight excluding hydrogens is 254 g/mol. The predicted octanol–water partition coefficient (Wildman–Crippen LogP) is 2.65. The summed E-state index contributed by atoms with van der Waals surface area (Å²) in [5, 5.41) is 8.78. The maximum Gasteiger partial charge on any atom is 0.324 e. The number of carbonyl (C=O) groups is 1. The van der Waals surface area contributed by atoms with Crippen LogP contribution in [0, 0.1) is 18.6 Å². The summed E-state index contributed by atoms with van der Waals surface area (Å²) in [7, 11) is 1.72. The quantitative estimate of drug-likeness (QED) is 0.877. The number of nitrogens with one attached hydrogen (secondary N) is 2. The van der Waals surface area contributed by atoms with Gasteiger partial charge in [0.2, 0.25) is 0 Å². The van der Waals surface area contributed by atoms with E-state index in [4.69, 9.17) is 0 Å². The topological polar surface area (TPSA) is 59.0 Å². The van der Waals surface area contributed by atoms with Gasteiger partial charge in [-0.2, -0.15) is 5.10 Å². The Balaban J connectivity index is 2.07. The van der Waals surface area contributed by atoms with Crippen molar-refractivity contribution in [3.05, 3.63) is 41.6 Å². The van der Waals surface area contributed by atoms with E-state index in [0.717, 1.165) is 17.7 Å². The molecule has 100 valence electrons. The summed E-state index contributed by atoms with van der Waals surface area (Å²) >= 11 is 0. The second-order valence-electron chi connectivity index (χ2n) is 4.04. The number of urea groups is 1. The van der Waals surface area contributed by atoms with E-state index in [1.807, 2.05) is 0 Å². The van der Waals surface area contributed by atoms with E-state index in [0.29, 0.717) is 11.9 Å². The lowest BCUT2D eigenvalue weighted by Crippen LogP contribution is -2.21. The van der Waals surface area contributed by atoms with Gasteiger partial charge in [-0.25, -0.2) is 13.6 Å². The third kappa shape index (κ3) is 3.06. The predicted molar refractivity (Wildman–Crippen MR) is 66.9 cm³/mol. The number of aromatic nitrogens is 2. The zero-order valence-electron chi connectivity index (χ0n) is 10.4. The van der Waals surface area contributed by atoms with Gasteiger partial charge < -0.3 is 5.32 Å². The van der Waals surface area contributed by atoms with Crippen LogP contribution >= 0.6 is 0 Å². The molecule has 0 unspecified atom stereocenters. The molecule has 0 atom stereocenters. The molecule has 0 aliphatic rings. The van der Waals surface area contributed by atoms with Crippen LogP contribution in [-0.4, -0.2) is 15.8 Å². The van der Waals surface area contributed by atoms with Gasteiger partial charge in [-0.15, -0.1) is 0 Å². The highest BCUT2D eigenvalue weighted by Gasteiger charge is 2.10. The average molecular weight is 266 g/mol. The molecule has 0 bridgehead atoms. The highest BCUT2D eigenvalue weighted by atomic mass is 19.1. The molecule has 19 heavy (non-hydrogen) atoms. The van der Waals surface area contributed by atoms with Crippen LogP contribution in [0.25, 0.3) is 0 Å². The maximum atomic E-state index is 13.3. The normalized spacial score (nSPS) is 10.3. The van der Waals surface area contributed by atoms with Crippen LogP contribution in [0.3, 0.4) is 0 Å². The molecule has 0 fully saturated rings. The Morgan fingerprint density at radius 3 is 2.63 bits per heavy atom. The van der Waals surface area contributed by atoms with Crippen LogP contribution in [0.4, 0.5) is 25.1 Å². The van der Waals surface area contributed by atoms with Crippen molar-refractivity contribution < 1.29 is 13.6 Å². The summed E-state index contributed by atoms with van der Waals surface area (Å²) in [5.74, 6) is -1.17. The van der Waals surface area contributed by atoms with Crippen molar-refractivity contribution in [2.45, 2.75) is 6.92 Å². The molecule has 0 aliphatic heterocycles. The van der Waals surface area contributed by atoms with Gasteiger partial charge in [0, 0.05) is 24.9 Å². The number of benzene rings is 1. The minimum absolute atomic E-state index is 0.104. The summed E-state index contributed by atoms with van der Waals surface area (Å²) in [5.41, 5.74) is 0.671. The largest absolute Gasteiger partial charge is 0.324 e. The van der Waals surface area contributed by atoms with E-state index in [1.165, 1.54) is 0 Å². The fourth-order valence-corrected chi connectivity index (χ4v) is 1.58. The second kappa shape index (κ2) is 5.05. The molecule has 5 nitrogen and oxygen atoms in total. The van der Waals surface area contributed by atoms with E-state index >= 15 is 0 Å². The van der Waals surface area contributed by atoms with Gasteiger partial charge in [0.1, 0.15) is 11.6 Å². The second-order valence-corrected chi connectivity index (χ2v) is 4.04. The van der Waals surface area contributed by atoms with Gasteiger partial charge in [-0.3, -0.25) is 10.00 Å². The first-order valence-corrected chi connectivity index (χ1v) is 5.49. The lowest BCUT2D eigenvalue weighted by atomic mass is 10.3. The number of hydrogen-bond acceptors (Lipinski definition) is 2. The van der Waals surface area contributed by atoms with Crippen LogP contribution in [0.5, 0.6) is 0 Å². The first kappa shape index (κ1) is 13.0. The molecule has 7 heteroatoms. The Bertz CT molecular complexity index is 624. The van der Waals surface area contributed by atoms with Crippen LogP contribution in [-0.2, 0) is 7.05 Å². The molecule has 1 aromatic heterocycles. The minimum atomic E-state index is -0.840. The molecular formula is C12H12F2N4O. The lowest BCUT2D eigenvalue weighted by molar-refractivity contribution is 0.262. The Morgan fingerprint density at radius 2 is 2.05 bits per heavy atom. The zero-order valence-corrected chi connectivity index (χ0v) is 10.4. The zero-order chi connectivity index (χ0) is 14.0. The van der Waals surface area contributed by atoms with Crippen LogP contribution < -0.4 is 10.6 Å². The molecule has 0 saturated carbocycles. The minimum Gasteiger partial charge on any atom is -0.305 e. The molecule has 0 radical (unpaired) electrons. The Morgan fingerprint density at radius 1 is 1.32 bits per heavy atom. The molecule has 2 aromatic rings. The monoisotopic (exact) mass is 266 g/mol. The standard InChI is InChI=1S/C12H12F2N4O/c1-7-6-18(2)17-11(7)16-12(19)15-10-4-3-8(13)5-9(10)14/h3-6H,1-2H3,(H2,15,16,17,19). The number of rotatable bonds is 2. The van der Waals surface area contributed by atoms with E-state index < -0.39 is 17.7 Å². The summed E-state index contributed by atoms with van der Waals surface area (Å²) in [6, 6.07) is 2.26. The summed E-state index contributed by atoms with van der Waals surface area (Å²) < 4.78 is 27.6. The number of amides is 2. The van der Waals surface area contributed by atoms with Crippen LogP contribution in [0.15, 0.2) is 24.4 Å². The van der Waals surface area contributed by atoms with E-state index in [1.54, 1.807) is 24.9 Å². The summed E-state index contributed by atoms with van der Waals surface area (Å²) in [4.78, 5) is 11.6. The summed E-state index contributed by atoms with van der Waals surface area (Å²) in [6.07, 6.45) is 1.73. The molecule has 1 aromatic carbocycles. The third-order valence-electron chi connectivity index (χ3n) is 2.42. The van der Waals surface area contributed by atoms with Crippen molar-refractivity contribution in [2.75, 3.05) is 10.6 Å². The lowest BCUT2D eigenvalue weighted by Gasteiger charge is -2.07. The average Bonchev–Trinajstić information content (AvgIpc) is 2.61. The highest BCUT2D eigenvalue weighted by Crippen LogP contribution is 2.16. The molecule has 2 N–H and O–H groups in total. The molecule has 2 amide bonds. The van der Waals surface area contributed by atoms with E-state index in [-0.39, 0.29) is 5.69 Å². The van der Waals surface area contributed by atoms with E-state index in [9.17, 15) is 13.6 Å². The maximum absolute atomic E-state index is 13.3. The van der Waals surface area contributed by atoms with Crippen LogP contribution in [0.2, 0.25) is 0 Å². The summed E-state index contributed by atoms with van der Waals surface area (Å²) in [6.45, 7) is 1.78. The number of nitrogens with zero attached hydrogens (tertiary/aromatic N) is 2. The number of anilines is 2. The number of carbonyl (C=O) groups excluding carboxylic acids is 1. The Labute approximate surface area is 108 Å². The van der Waals surface area contributed by atoms with E-state index in [2.05, 4.69) is 15.7 Å². The first-order valence-electron chi connectivity index (χ1n) is 5.49. The van der Waals surface area contributed by atoms with Crippen LogP contribution in [0.1, 0.15) is 5.56 Å². The molecule has 2 rings (SSSR count). The first-order chi connectivity index (χ1) is 8.95.